The van der Waals surface area contributed by atoms with Crippen LogP contribution in [0.3, 0.4) is 0 Å². The number of rotatable bonds is 3. The van der Waals surface area contributed by atoms with Crippen LogP contribution in [0, 0.1) is 6.92 Å². The molecule has 0 N–H and O–H groups in total. The highest BCUT2D eigenvalue weighted by Gasteiger charge is 2.35. The van der Waals surface area contributed by atoms with Crippen LogP contribution in [0.1, 0.15) is 16.8 Å². The number of aryl methyl sites for hydroxylation is 2. The number of aromatic nitrogens is 5. The van der Waals surface area contributed by atoms with Crippen LogP contribution >= 0.6 is 11.6 Å². The van der Waals surface area contributed by atoms with E-state index >= 15 is 0 Å². The van der Waals surface area contributed by atoms with E-state index in [0.29, 0.717) is 10.6 Å². The molecule has 28 heavy (non-hydrogen) atoms. The molecule has 0 saturated carbocycles. The van der Waals surface area contributed by atoms with Crippen LogP contribution in [0.4, 0.5) is 13.2 Å². The van der Waals surface area contributed by atoms with Gasteiger partial charge < -0.3 is 0 Å². The Morgan fingerprint density at radius 2 is 1.96 bits per heavy atom. The van der Waals surface area contributed by atoms with E-state index < -0.39 is 11.7 Å². The average molecular weight is 406 g/mol. The van der Waals surface area contributed by atoms with Crippen molar-refractivity contribution in [1.82, 2.24) is 24.5 Å². The van der Waals surface area contributed by atoms with E-state index in [-0.39, 0.29) is 29.0 Å². The fourth-order valence-electron chi connectivity index (χ4n) is 3.20. The largest absolute Gasteiger partial charge is 0.417 e. The molecule has 5 nitrogen and oxygen atoms in total. The van der Waals surface area contributed by atoms with Gasteiger partial charge >= 0.3 is 6.18 Å². The van der Waals surface area contributed by atoms with Crippen LogP contribution in [0.25, 0.3) is 22.3 Å². The molecule has 0 aliphatic rings. The maximum Gasteiger partial charge on any atom is 0.417 e. The lowest BCUT2D eigenvalue weighted by atomic mass is 10.1. The summed E-state index contributed by atoms with van der Waals surface area (Å²) in [5, 5.41) is 8.90. The third kappa shape index (κ3) is 3.35. The smallest absolute Gasteiger partial charge is 0.275 e. The first-order chi connectivity index (χ1) is 13.2. The third-order valence-electron chi connectivity index (χ3n) is 4.40. The number of hydrogen-bond acceptors (Lipinski definition) is 3. The maximum absolute atomic E-state index is 13.8. The molecule has 0 spiro atoms. The van der Waals surface area contributed by atoms with Gasteiger partial charge in [-0.05, 0) is 30.7 Å². The lowest BCUT2D eigenvalue weighted by molar-refractivity contribution is -0.136. The van der Waals surface area contributed by atoms with E-state index in [1.54, 1.807) is 38.4 Å². The van der Waals surface area contributed by atoms with Gasteiger partial charge in [-0.3, -0.25) is 4.68 Å². The number of nitrogens with zero attached hydrogens (tertiary/aromatic N) is 5. The lowest BCUT2D eigenvalue weighted by Gasteiger charge is -2.11. The van der Waals surface area contributed by atoms with Gasteiger partial charge in [0.1, 0.15) is 0 Å². The van der Waals surface area contributed by atoms with Crippen molar-refractivity contribution in [2.75, 3.05) is 0 Å². The standard InChI is InChI=1S/C19H15ClF3N5/c1-11-17-15(19(21,22)23)7-16(13-8-24-27(2)10-13)25-18(17)28(26-11)9-12-4-3-5-14(20)6-12/h3-8,10H,9H2,1-2H3. The Hall–Kier alpha value is -2.87. The second kappa shape index (κ2) is 6.63. The molecule has 3 heterocycles. The third-order valence-corrected chi connectivity index (χ3v) is 4.64. The predicted octanol–water partition coefficient (Wildman–Crippen LogP) is 4.86. The Bertz CT molecular complexity index is 1180. The topological polar surface area (TPSA) is 48.5 Å². The molecule has 0 fully saturated rings. The number of pyridine rings is 1. The zero-order chi connectivity index (χ0) is 20.1. The minimum atomic E-state index is -4.53. The van der Waals surface area contributed by atoms with Gasteiger partial charge in [-0.25, -0.2) is 9.67 Å². The molecule has 0 radical (unpaired) electrons. The van der Waals surface area contributed by atoms with E-state index in [1.807, 2.05) is 6.07 Å². The molecule has 1 aromatic carbocycles. The van der Waals surface area contributed by atoms with Gasteiger partial charge in [-0.1, -0.05) is 23.7 Å². The van der Waals surface area contributed by atoms with Crippen LogP contribution in [0.5, 0.6) is 0 Å². The van der Waals surface area contributed by atoms with Crippen LogP contribution in [-0.2, 0) is 19.8 Å². The molecule has 0 atom stereocenters. The molecule has 0 saturated heterocycles. The van der Waals surface area contributed by atoms with Crippen molar-refractivity contribution in [2.24, 2.45) is 7.05 Å². The van der Waals surface area contributed by atoms with E-state index in [9.17, 15) is 13.2 Å². The van der Waals surface area contributed by atoms with Crippen molar-refractivity contribution in [2.45, 2.75) is 19.6 Å². The van der Waals surface area contributed by atoms with Crippen molar-refractivity contribution >= 4 is 22.6 Å². The Morgan fingerprint density at radius 1 is 1.18 bits per heavy atom. The summed E-state index contributed by atoms with van der Waals surface area (Å²) in [6, 6.07) is 8.16. The van der Waals surface area contributed by atoms with E-state index in [1.165, 1.54) is 15.6 Å². The molecule has 0 aliphatic heterocycles. The molecule has 144 valence electrons. The first-order valence-corrected chi connectivity index (χ1v) is 8.79. The fraction of sp³-hybridized carbons (Fsp3) is 0.211. The van der Waals surface area contributed by atoms with E-state index in [4.69, 9.17) is 11.6 Å². The molecule has 4 rings (SSSR count). The minimum absolute atomic E-state index is 0.00201. The van der Waals surface area contributed by atoms with E-state index in [2.05, 4.69) is 15.2 Å². The summed E-state index contributed by atoms with van der Waals surface area (Å²) in [6.45, 7) is 1.81. The van der Waals surface area contributed by atoms with Crippen molar-refractivity contribution in [1.29, 1.82) is 0 Å². The second-order valence-electron chi connectivity index (χ2n) is 6.53. The summed E-state index contributed by atoms with van der Waals surface area (Å²) in [6.07, 6.45) is -1.43. The van der Waals surface area contributed by atoms with Gasteiger partial charge in [-0.15, -0.1) is 0 Å². The van der Waals surface area contributed by atoms with Crippen molar-refractivity contribution in [3.05, 3.63) is 64.6 Å². The molecule has 9 heteroatoms. The van der Waals surface area contributed by atoms with Crippen LogP contribution < -0.4 is 0 Å². The Balaban J connectivity index is 1.94. The molecule has 4 aromatic rings. The lowest BCUT2D eigenvalue weighted by Crippen LogP contribution is -2.08. The fourth-order valence-corrected chi connectivity index (χ4v) is 3.41. The summed E-state index contributed by atoms with van der Waals surface area (Å²) in [7, 11) is 1.69. The average Bonchev–Trinajstić information content (AvgIpc) is 3.18. The zero-order valence-corrected chi connectivity index (χ0v) is 15.8. The SMILES string of the molecule is Cc1nn(Cc2cccc(Cl)c2)c2nc(-c3cnn(C)c3)cc(C(F)(F)F)c12. The van der Waals surface area contributed by atoms with Crippen LogP contribution in [0.15, 0.2) is 42.7 Å². The second-order valence-corrected chi connectivity index (χ2v) is 6.96. The molecule has 0 aliphatic carbocycles. The summed E-state index contributed by atoms with van der Waals surface area (Å²) in [4.78, 5) is 4.49. The Morgan fingerprint density at radius 3 is 2.61 bits per heavy atom. The number of hydrogen-bond donors (Lipinski definition) is 0. The highest BCUT2D eigenvalue weighted by Crippen LogP contribution is 2.38. The normalized spacial score (nSPS) is 12.1. The van der Waals surface area contributed by atoms with Gasteiger partial charge in [0.25, 0.3) is 0 Å². The summed E-state index contributed by atoms with van der Waals surface area (Å²) >= 11 is 6.02. The number of halogens is 4. The number of benzene rings is 1. The zero-order valence-electron chi connectivity index (χ0n) is 15.0. The highest BCUT2D eigenvalue weighted by atomic mass is 35.5. The summed E-state index contributed by atoms with van der Waals surface area (Å²) < 4.78 is 44.3. The highest BCUT2D eigenvalue weighted by molar-refractivity contribution is 6.30. The minimum Gasteiger partial charge on any atom is -0.275 e. The van der Waals surface area contributed by atoms with Crippen molar-refractivity contribution < 1.29 is 13.2 Å². The van der Waals surface area contributed by atoms with Gasteiger partial charge in [0.15, 0.2) is 5.65 Å². The van der Waals surface area contributed by atoms with E-state index in [0.717, 1.165) is 11.6 Å². The summed E-state index contributed by atoms with van der Waals surface area (Å²) in [5.41, 5.74) is 1.20. The quantitative estimate of drug-likeness (QED) is 0.489. The monoisotopic (exact) mass is 405 g/mol. The number of alkyl halides is 3. The van der Waals surface area contributed by atoms with Crippen LogP contribution in [-0.4, -0.2) is 24.5 Å². The first-order valence-electron chi connectivity index (χ1n) is 8.41. The van der Waals surface area contributed by atoms with Crippen molar-refractivity contribution in [3.63, 3.8) is 0 Å². The summed E-state index contributed by atoms with van der Waals surface area (Å²) in [5.74, 6) is 0. The van der Waals surface area contributed by atoms with Gasteiger partial charge in [0.2, 0.25) is 0 Å². The van der Waals surface area contributed by atoms with Crippen LogP contribution in [0.2, 0.25) is 5.02 Å². The van der Waals surface area contributed by atoms with Crippen molar-refractivity contribution in [3.8, 4) is 11.3 Å². The Kier molecular flexibility index (Phi) is 4.38. The molecule has 0 unspecified atom stereocenters. The molecule has 0 bridgehead atoms. The molecular formula is C19H15ClF3N5. The number of fused-ring (bicyclic) bond motifs is 1. The molecular weight excluding hydrogens is 391 g/mol. The Labute approximate surface area is 163 Å². The van der Waals surface area contributed by atoms with Gasteiger partial charge in [0.05, 0.1) is 35.1 Å². The maximum atomic E-state index is 13.8. The first kappa shape index (κ1) is 18.5. The van der Waals surface area contributed by atoms with Gasteiger partial charge in [-0.2, -0.15) is 23.4 Å². The van der Waals surface area contributed by atoms with Gasteiger partial charge in [0, 0.05) is 23.8 Å². The molecule has 0 amide bonds. The molecule has 3 aromatic heterocycles. The predicted molar refractivity (Wildman–Crippen MR) is 100 cm³/mol.